The summed E-state index contributed by atoms with van der Waals surface area (Å²) in [6.45, 7) is 3.04. The van der Waals surface area contributed by atoms with E-state index in [2.05, 4.69) is 39.8 Å². The molecule has 3 N–H and O–H groups in total. The summed E-state index contributed by atoms with van der Waals surface area (Å²) in [5, 5.41) is 14.5. The molecule has 180 valence electrons. The number of carboxylic acids is 1. The zero-order chi connectivity index (χ0) is 24.3. The number of hydrogen-bond acceptors (Lipinski definition) is 5. The molecule has 34 heavy (non-hydrogen) atoms. The Morgan fingerprint density at radius 2 is 1.62 bits per heavy atom. The van der Waals surface area contributed by atoms with Gasteiger partial charge in [0.25, 0.3) is 0 Å². The van der Waals surface area contributed by atoms with Crippen molar-refractivity contribution >= 4 is 18.0 Å². The van der Waals surface area contributed by atoms with Crippen LogP contribution in [0.15, 0.2) is 48.5 Å². The second-order valence-corrected chi connectivity index (χ2v) is 9.34. The van der Waals surface area contributed by atoms with Crippen molar-refractivity contribution in [3.8, 4) is 11.1 Å². The molecule has 0 aromatic heterocycles. The van der Waals surface area contributed by atoms with Crippen LogP contribution >= 0.6 is 0 Å². The number of likely N-dealkylation sites (tertiary alicyclic amines) is 1. The van der Waals surface area contributed by atoms with Crippen LogP contribution in [0.1, 0.15) is 43.2 Å². The summed E-state index contributed by atoms with van der Waals surface area (Å²) in [4.78, 5) is 38.7. The molecule has 0 unspecified atom stereocenters. The molecular formula is C26H31N3O5. The van der Waals surface area contributed by atoms with Crippen molar-refractivity contribution in [2.45, 2.75) is 43.7 Å². The first-order valence-electron chi connectivity index (χ1n) is 11.6. The third-order valence-electron chi connectivity index (χ3n) is 6.90. The van der Waals surface area contributed by atoms with Crippen molar-refractivity contribution in [2.75, 3.05) is 26.7 Å². The van der Waals surface area contributed by atoms with E-state index in [0.717, 1.165) is 22.3 Å². The maximum atomic E-state index is 12.9. The Hall–Kier alpha value is -3.39. The van der Waals surface area contributed by atoms with Crippen molar-refractivity contribution in [3.05, 3.63) is 59.7 Å². The lowest BCUT2D eigenvalue weighted by molar-refractivity contribution is -0.141. The molecular weight excluding hydrogens is 434 g/mol. The SMILES string of the molecule is C[C@H](NC(=O)CC1(NC(=O)OCC2c3ccccc3-c3ccccc32)CCN(C)CC1)C(=O)O. The predicted molar refractivity (Wildman–Crippen MR) is 128 cm³/mol. The molecule has 0 radical (unpaired) electrons. The van der Waals surface area contributed by atoms with Gasteiger partial charge in [0.05, 0.1) is 5.54 Å². The normalized spacial score (nSPS) is 17.8. The quantitative estimate of drug-likeness (QED) is 0.580. The summed E-state index contributed by atoms with van der Waals surface area (Å²) in [5.74, 6) is -1.56. The summed E-state index contributed by atoms with van der Waals surface area (Å²) in [6, 6.07) is 15.3. The highest BCUT2D eigenvalue weighted by molar-refractivity contribution is 5.84. The smallest absolute Gasteiger partial charge is 0.407 e. The topological polar surface area (TPSA) is 108 Å². The fourth-order valence-electron chi connectivity index (χ4n) is 4.91. The van der Waals surface area contributed by atoms with Gasteiger partial charge in [0.1, 0.15) is 12.6 Å². The lowest BCUT2D eigenvalue weighted by Crippen LogP contribution is -2.57. The Morgan fingerprint density at radius 1 is 1.06 bits per heavy atom. The zero-order valence-corrected chi connectivity index (χ0v) is 19.5. The van der Waals surface area contributed by atoms with E-state index in [9.17, 15) is 14.4 Å². The van der Waals surface area contributed by atoms with Gasteiger partial charge >= 0.3 is 12.1 Å². The van der Waals surface area contributed by atoms with E-state index in [1.54, 1.807) is 0 Å². The Bertz CT molecular complexity index is 1030. The number of carbonyl (C=O) groups excluding carboxylic acids is 2. The van der Waals surface area contributed by atoms with Crippen LogP contribution in [0, 0.1) is 0 Å². The van der Waals surface area contributed by atoms with E-state index in [4.69, 9.17) is 9.84 Å². The molecule has 0 bridgehead atoms. The molecule has 1 aliphatic carbocycles. The van der Waals surface area contributed by atoms with Crippen molar-refractivity contribution in [2.24, 2.45) is 0 Å². The van der Waals surface area contributed by atoms with Gasteiger partial charge in [-0.3, -0.25) is 9.59 Å². The first-order valence-corrected chi connectivity index (χ1v) is 11.6. The molecule has 0 saturated carbocycles. The number of rotatable bonds is 7. The molecule has 1 fully saturated rings. The third-order valence-corrected chi connectivity index (χ3v) is 6.90. The summed E-state index contributed by atoms with van der Waals surface area (Å²) >= 11 is 0. The second-order valence-electron chi connectivity index (χ2n) is 9.34. The zero-order valence-electron chi connectivity index (χ0n) is 19.5. The monoisotopic (exact) mass is 465 g/mol. The minimum absolute atomic E-state index is 0.00263. The fraction of sp³-hybridized carbons (Fsp3) is 0.423. The van der Waals surface area contributed by atoms with Crippen LogP contribution in [0.4, 0.5) is 4.79 Å². The van der Waals surface area contributed by atoms with Gasteiger partial charge < -0.3 is 25.4 Å². The number of alkyl carbamates (subject to hydrolysis) is 1. The van der Waals surface area contributed by atoms with Crippen LogP contribution in [0.25, 0.3) is 11.1 Å². The van der Waals surface area contributed by atoms with Crippen LogP contribution in [-0.2, 0) is 14.3 Å². The Morgan fingerprint density at radius 3 is 2.18 bits per heavy atom. The van der Waals surface area contributed by atoms with Crippen LogP contribution in [-0.4, -0.2) is 66.3 Å². The predicted octanol–water partition coefficient (Wildman–Crippen LogP) is 2.97. The summed E-state index contributed by atoms with van der Waals surface area (Å²) < 4.78 is 5.71. The lowest BCUT2D eigenvalue weighted by Gasteiger charge is -2.40. The number of carboxylic acid groups (broad SMARTS) is 1. The number of ether oxygens (including phenoxy) is 1. The Labute approximate surface area is 199 Å². The molecule has 2 aliphatic rings. The van der Waals surface area contributed by atoms with Crippen LogP contribution in [0.3, 0.4) is 0 Å². The molecule has 2 aromatic carbocycles. The highest BCUT2D eigenvalue weighted by Crippen LogP contribution is 2.44. The summed E-state index contributed by atoms with van der Waals surface area (Å²) in [6.07, 6.45) is 0.582. The molecule has 1 saturated heterocycles. The molecule has 4 rings (SSSR count). The number of carbonyl (C=O) groups is 3. The highest BCUT2D eigenvalue weighted by atomic mass is 16.5. The van der Waals surface area contributed by atoms with E-state index >= 15 is 0 Å². The number of nitrogens with zero attached hydrogens (tertiary/aromatic N) is 1. The van der Waals surface area contributed by atoms with E-state index in [-0.39, 0.29) is 18.9 Å². The number of amides is 2. The first kappa shape index (κ1) is 23.8. The maximum absolute atomic E-state index is 12.9. The van der Waals surface area contributed by atoms with E-state index in [1.165, 1.54) is 6.92 Å². The second kappa shape index (κ2) is 9.85. The number of hydrogen-bond donors (Lipinski definition) is 3. The molecule has 1 aliphatic heterocycles. The first-order chi connectivity index (χ1) is 16.3. The van der Waals surface area contributed by atoms with Crippen LogP contribution < -0.4 is 10.6 Å². The summed E-state index contributed by atoms with van der Waals surface area (Å²) in [5.41, 5.74) is 3.79. The van der Waals surface area contributed by atoms with Crippen LogP contribution in [0.5, 0.6) is 0 Å². The Balaban J connectivity index is 1.43. The number of benzene rings is 2. The molecule has 1 atom stereocenters. The van der Waals surface area contributed by atoms with Crippen molar-refractivity contribution in [1.29, 1.82) is 0 Å². The number of fused-ring (bicyclic) bond motifs is 3. The van der Waals surface area contributed by atoms with Crippen LogP contribution in [0.2, 0.25) is 0 Å². The lowest BCUT2D eigenvalue weighted by atomic mass is 9.84. The summed E-state index contributed by atoms with van der Waals surface area (Å²) in [7, 11) is 1.99. The largest absolute Gasteiger partial charge is 0.480 e. The molecule has 2 amide bonds. The van der Waals surface area contributed by atoms with E-state index in [0.29, 0.717) is 25.9 Å². The van der Waals surface area contributed by atoms with Crippen molar-refractivity contribution < 1.29 is 24.2 Å². The van der Waals surface area contributed by atoms with Gasteiger partial charge in [-0.05, 0) is 49.1 Å². The van der Waals surface area contributed by atoms with Gasteiger partial charge in [-0.15, -0.1) is 0 Å². The van der Waals surface area contributed by atoms with Gasteiger partial charge in [-0.25, -0.2) is 4.79 Å². The van der Waals surface area contributed by atoms with Gasteiger partial charge in [0, 0.05) is 25.4 Å². The van der Waals surface area contributed by atoms with E-state index < -0.39 is 29.6 Å². The maximum Gasteiger partial charge on any atom is 0.407 e. The van der Waals surface area contributed by atoms with Crippen molar-refractivity contribution in [1.82, 2.24) is 15.5 Å². The van der Waals surface area contributed by atoms with Gasteiger partial charge in [-0.2, -0.15) is 0 Å². The number of aliphatic carboxylic acids is 1. The molecule has 0 spiro atoms. The van der Waals surface area contributed by atoms with Gasteiger partial charge in [-0.1, -0.05) is 48.5 Å². The number of piperidine rings is 1. The third kappa shape index (κ3) is 5.07. The molecule has 8 heteroatoms. The average molecular weight is 466 g/mol. The highest BCUT2D eigenvalue weighted by Gasteiger charge is 2.38. The Kier molecular flexibility index (Phi) is 6.88. The van der Waals surface area contributed by atoms with Gasteiger partial charge in [0.15, 0.2) is 0 Å². The minimum atomic E-state index is -1.10. The molecule has 8 nitrogen and oxygen atoms in total. The standard InChI is InChI=1S/C26H31N3O5/c1-17(24(31)32)27-23(30)15-26(11-13-29(2)14-12-26)28-25(33)34-16-22-20-9-5-3-7-18(20)19-8-4-6-10-21(19)22/h3-10,17,22H,11-16H2,1-2H3,(H,27,30)(H,28,33)(H,31,32)/t17-/m0/s1. The average Bonchev–Trinajstić information content (AvgIpc) is 3.13. The van der Waals surface area contributed by atoms with Gasteiger partial charge in [0.2, 0.25) is 5.91 Å². The number of nitrogens with one attached hydrogen (secondary N) is 2. The van der Waals surface area contributed by atoms with Crippen molar-refractivity contribution in [3.63, 3.8) is 0 Å². The molecule has 1 heterocycles. The van der Waals surface area contributed by atoms with E-state index in [1.807, 2.05) is 31.3 Å². The molecule has 2 aromatic rings. The minimum Gasteiger partial charge on any atom is -0.480 e. The fourth-order valence-corrected chi connectivity index (χ4v) is 4.91.